The second-order valence-corrected chi connectivity index (χ2v) is 5.50. The van der Waals surface area contributed by atoms with Gasteiger partial charge >= 0.3 is 0 Å². The van der Waals surface area contributed by atoms with Crippen LogP contribution in [0.1, 0.15) is 5.56 Å². The molecule has 1 aliphatic heterocycles. The van der Waals surface area contributed by atoms with E-state index < -0.39 is 0 Å². The molecule has 0 bridgehead atoms. The minimum Gasteiger partial charge on any atom is -0.497 e. The quantitative estimate of drug-likeness (QED) is 0.889. The minimum atomic E-state index is 0.135. The molecule has 1 amide bonds. The Morgan fingerprint density at radius 1 is 1.18 bits per heavy atom. The van der Waals surface area contributed by atoms with Crippen molar-refractivity contribution >= 4 is 5.91 Å². The Bertz CT molecular complexity index is 648. The summed E-state index contributed by atoms with van der Waals surface area (Å²) in [5.74, 6) is 1.12. The lowest BCUT2D eigenvalue weighted by atomic mass is 10.0. The zero-order chi connectivity index (χ0) is 15.4. The average Bonchev–Trinajstić information content (AvgIpc) is 2.52. The van der Waals surface area contributed by atoms with Crippen LogP contribution in [0.5, 0.6) is 5.75 Å². The molecule has 0 unspecified atom stereocenters. The van der Waals surface area contributed by atoms with Crippen LogP contribution in [-0.4, -0.2) is 26.1 Å². The summed E-state index contributed by atoms with van der Waals surface area (Å²) in [6, 6.07) is 16.2. The van der Waals surface area contributed by atoms with Gasteiger partial charge < -0.3 is 15.4 Å². The Labute approximate surface area is 130 Å². The van der Waals surface area contributed by atoms with E-state index in [0.717, 1.165) is 35.5 Å². The maximum atomic E-state index is 11.8. The average molecular weight is 296 g/mol. The number of nitrogens with one attached hydrogen (secondary N) is 2. The van der Waals surface area contributed by atoms with Crippen LogP contribution in [0.2, 0.25) is 0 Å². The van der Waals surface area contributed by atoms with E-state index in [4.69, 9.17) is 4.74 Å². The van der Waals surface area contributed by atoms with E-state index in [9.17, 15) is 4.79 Å². The molecule has 2 N–H and O–H groups in total. The summed E-state index contributed by atoms with van der Waals surface area (Å²) in [4.78, 5) is 11.8. The van der Waals surface area contributed by atoms with Gasteiger partial charge in [0, 0.05) is 19.6 Å². The van der Waals surface area contributed by atoms with Crippen molar-refractivity contribution in [2.75, 3.05) is 20.2 Å². The summed E-state index contributed by atoms with van der Waals surface area (Å²) in [5.41, 5.74) is 3.36. The SMILES string of the molecule is COc1cccc(-c2ccc(CNC(=O)C3CNC3)cc2)c1. The Morgan fingerprint density at radius 2 is 1.95 bits per heavy atom. The van der Waals surface area contributed by atoms with E-state index in [-0.39, 0.29) is 11.8 Å². The number of hydrogen-bond donors (Lipinski definition) is 2. The zero-order valence-corrected chi connectivity index (χ0v) is 12.6. The Balaban J connectivity index is 1.63. The number of carbonyl (C=O) groups is 1. The van der Waals surface area contributed by atoms with Crippen LogP contribution in [0, 0.1) is 5.92 Å². The molecule has 1 aliphatic rings. The Morgan fingerprint density at radius 3 is 2.59 bits per heavy atom. The maximum Gasteiger partial charge on any atom is 0.225 e. The lowest BCUT2D eigenvalue weighted by Crippen LogP contribution is -2.50. The first kappa shape index (κ1) is 14.6. The van der Waals surface area contributed by atoms with Crippen molar-refractivity contribution in [3.8, 4) is 16.9 Å². The largest absolute Gasteiger partial charge is 0.497 e. The molecule has 22 heavy (non-hydrogen) atoms. The van der Waals surface area contributed by atoms with Gasteiger partial charge in [0.2, 0.25) is 5.91 Å². The molecule has 0 aromatic heterocycles. The molecule has 2 aromatic carbocycles. The molecule has 2 aromatic rings. The summed E-state index contributed by atoms with van der Waals surface area (Å²) in [7, 11) is 1.67. The molecule has 1 fully saturated rings. The Kier molecular flexibility index (Phi) is 4.39. The van der Waals surface area contributed by atoms with E-state index in [1.807, 2.05) is 30.3 Å². The van der Waals surface area contributed by atoms with Gasteiger partial charge in [0.05, 0.1) is 13.0 Å². The first-order chi connectivity index (χ1) is 10.8. The van der Waals surface area contributed by atoms with Crippen molar-refractivity contribution in [2.24, 2.45) is 5.92 Å². The highest BCUT2D eigenvalue weighted by molar-refractivity contribution is 5.80. The lowest BCUT2D eigenvalue weighted by Gasteiger charge is -2.25. The van der Waals surface area contributed by atoms with Crippen LogP contribution in [0.3, 0.4) is 0 Å². The molecule has 0 aliphatic carbocycles. The molecule has 4 heteroatoms. The molecule has 114 valence electrons. The first-order valence-corrected chi connectivity index (χ1v) is 7.48. The van der Waals surface area contributed by atoms with Crippen molar-refractivity contribution in [3.05, 3.63) is 54.1 Å². The second kappa shape index (κ2) is 6.62. The zero-order valence-electron chi connectivity index (χ0n) is 12.6. The van der Waals surface area contributed by atoms with E-state index >= 15 is 0 Å². The number of carbonyl (C=O) groups excluding carboxylic acids is 1. The van der Waals surface area contributed by atoms with E-state index in [0.29, 0.717) is 6.54 Å². The van der Waals surface area contributed by atoms with Crippen LogP contribution >= 0.6 is 0 Å². The molecule has 1 saturated heterocycles. The van der Waals surface area contributed by atoms with Gasteiger partial charge in [-0.25, -0.2) is 0 Å². The standard InChI is InChI=1S/C18H20N2O2/c1-22-17-4-2-3-15(9-17)14-7-5-13(6-8-14)10-20-18(21)16-11-19-12-16/h2-9,16,19H,10-12H2,1H3,(H,20,21). The third-order valence-electron chi connectivity index (χ3n) is 3.98. The fourth-order valence-electron chi connectivity index (χ4n) is 2.43. The number of ether oxygens (including phenoxy) is 1. The third-order valence-corrected chi connectivity index (χ3v) is 3.98. The van der Waals surface area contributed by atoms with Gasteiger partial charge in [-0.3, -0.25) is 4.79 Å². The van der Waals surface area contributed by atoms with Crippen LogP contribution in [0.15, 0.2) is 48.5 Å². The fourth-order valence-corrected chi connectivity index (χ4v) is 2.43. The van der Waals surface area contributed by atoms with Crippen molar-refractivity contribution in [3.63, 3.8) is 0 Å². The smallest absolute Gasteiger partial charge is 0.225 e. The third kappa shape index (κ3) is 3.28. The van der Waals surface area contributed by atoms with Crippen LogP contribution in [-0.2, 0) is 11.3 Å². The van der Waals surface area contributed by atoms with Crippen LogP contribution < -0.4 is 15.4 Å². The molecule has 3 rings (SSSR count). The van der Waals surface area contributed by atoms with Gasteiger partial charge in [0.15, 0.2) is 0 Å². The molecular weight excluding hydrogens is 276 g/mol. The van der Waals surface area contributed by atoms with Crippen LogP contribution in [0.4, 0.5) is 0 Å². The van der Waals surface area contributed by atoms with Crippen LogP contribution in [0.25, 0.3) is 11.1 Å². The molecule has 4 nitrogen and oxygen atoms in total. The summed E-state index contributed by atoms with van der Waals surface area (Å²) >= 11 is 0. The van der Waals surface area contributed by atoms with Crippen molar-refractivity contribution in [1.29, 1.82) is 0 Å². The van der Waals surface area contributed by atoms with Gasteiger partial charge in [0.25, 0.3) is 0 Å². The maximum absolute atomic E-state index is 11.8. The van der Waals surface area contributed by atoms with Gasteiger partial charge in [-0.15, -0.1) is 0 Å². The summed E-state index contributed by atoms with van der Waals surface area (Å²) in [6.07, 6.45) is 0. The Hall–Kier alpha value is -2.33. The van der Waals surface area contributed by atoms with Gasteiger partial charge in [0.1, 0.15) is 5.75 Å². The highest BCUT2D eigenvalue weighted by Gasteiger charge is 2.24. The summed E-state index contributed by atoms with van der Waals surface area (Å²) < 4.78 is 5.25. The number of amides is 1. The monoisotopic (exact) mass is 296 g/mol. The van der Waals surface area contributed by atoms with Gasteiger partial charge in [-0.1, -0.05) is 36.4 Å². The predicted molar refractivity (Wildman–Crippen MR) is 86.6 cm³/mol. The topological polar surface area (TPSA) is 50.4 Å². The molecule has 0 atom stereocenters. The fraction of sp³-hybridized carbons (Fsp3) is 0.278. The number of methoxy groups -OCH3 is 1. The predicted octanol–water partition coefficient (Wildman–Crippen LogP) is 2.20. The van der Waals surface area contributed by atoms with E-state index in [1.54, 1.807) is 7.11 Å². The van der Waals surface area contributed by atoms with Gasteiger partial charge in [-0.2, -0.15) is 0 Å². The van der Waals surface area contributed by atoms with Gasteiger partial charge in [-0.05, 0) is 28.8 Å². The first-order valence-electron chi connectivity index (χ1n) is 7.48. The normalized spacial score (nSPS) is 14.2. The summed E-state index contributed by atoms with van der Waals surface area (Å²) in [5, 5.41) is 6.08. The van der Waals surface area contributed by atoms with Crippen molar-refractivity contribution in [2.45, 2.75) is 6.54 Å². The molecule has 0 radical (unpaired) electrons. The number of rotatable bonds is 5. The lowest BCUT2D eigenvalue weighted by molar-refractivity contribution is -0.126. The number of hydrogen-bond acceptors (Lipinski definition) is 3. The van der Waals surface area contributed by atoms with Crippen molar-refractivity contribution in [1.82, 2.24) is 10.6 Å². The molecule has 0 saturated carbocycles. The van der Waals surface area contributed by atoms with E-state index in [1.165, 1.54) is 0 Å². The highest BCUT2D eigenvalue weighted by Crippen LogP contribution is 2.24. The van der Waals surface area contributed by atoms with Crippen molar-refractivity contribution < 1.29 is 9.53 Å². The highest BCUT2D eigenvalue weighted by atomic mass is 16.5. The van der Waals surface area contributed by atoms with E-state index in [2.05, 4.69) is 28.8 Å². The molecule has 1 heterocycles. The molecule has 0 spiro atoms. The minimum absolute atomic E-state index is 0.135. The second-order valence-electron chi connectivity index (χ2n) is 5.50. The number of benzene rings is 2. The summed E-state index contributed by atoms with van der Waals surface area (Å²) in [6.45, 7) is 2.16. The molecular formula is C18H20N2O2.